The van der Waals surface area contributed by atoms with Gasteiger partial charge >= 0.3 is 0 Å². The molecule has 1 aromatic carbocycles. The number of amides is 1. The average molecular weight is 501 g/mol. The van der Waals surface area contributed by atoms with Crippen molar-refractivity contribution in [2.45, 2.75) is 71.4 Å². The van der Waals surface area contributed by atoms with Crippen LogP contribution in [0.15, 0.2) is 24.3 Å². The smallest absolute Gasteiger partial charge is 0.240 e. The molecule has 6 rings (SSSR count). The summed E-state index contributed by atoms with van der Waals surface area (Å²) in [6.45, 7) is 12.7. The molecule has 8 nitrogen and oxygen atoms in total. The van der Waals surface area contributed by atoms with E-state index < -0.39 is 24.2 Å². The Labute approximate surface area is 215 Å². The van der Waals surface area contributed by atoms with Crippen LogP contribution in [-0.4, -0.2) is 78.3 Å². The minimum absolute atomic E-state index is 0.105. The topological polar surface area (TPSA) is 97.3 Å². The van der Waals surface area contributed by atoms with E-state index in [0.29, 0.717) is 29.7 Å². The molecule has 2 heterocycles. The SMILES string of the molecule is C[C@@H]1C(NC(=O)[C@@H]2C([C@H](C)O)[C@H](CO)ON2Cc2cccc(N3CCNCC3)c2)C[C@H]2CC1C2(C)C. The van der Waals surface area contributed by atoms with Gasteiger partial charge in [-0.15, -0.1) is 0 Å². The average Bonchev–Trinajstić information content (AvgIpc) is 3.24. The molecule has 1 amide bonds. The molecule has 8 heteroatoms. The van der Waals surface area contributed by atoms with Crippen LogP contribution in [-0.2, 0) is 16.2 Å². The Balaban J connectivity index is 1.33. The first-order valence-electron chi connectivity index (χ1n) is 13.8. The van der Waals surface area contributed by atoms with E-state index in [0.717, 1.165) is 43.9 Å². The number of hydroxylamine groups is 2. The molecule has 0 spiro atoms. The summed E-state index contributed by atoms with van der Waals surface area (Å²) in [6.07, 6.45) is 0.852. The highest BCUT2D eigenvalue weighted by molar-refractivity contribution is 5.82. The predicted molar refractivity (Wildman–Crippen MR) is 139 cm³/mol. The molecule has 5 fully saturated rings. The van der Waals surface area contributed by atoms with E-state index >= 15 is 0 Å². The first kappa shape index (κ1) is 25.9. The van der Waals surface area contributed by atoms with Crippen molar-refractivity contribution in [1.29, 1.82) is 0 Å². The highest BCUT2D eigenvalue weighted by Gasteiger charge is 2.57. The van der Waals surface area contributed by atoms with Gasteiger partial charge in [0.15, 0.2) is 0 Å². The molecule has 0 radical (unpaired) electrons. The number of piperazine rings is 1. The molecule has 2 saturated heterocycles. The van der Waals surface area contributed by atoms with Crippen molar-refractivity contribution in [2.24, 2.45) is 29.1 Å². The Morgan fingerprint density at radius 1 is 1.28 bits per heavy atom. The summed E-state index contributed by atoms with van der Waals surface area (Å²) in [6, 6.07) is 7.85. The van der Waals surface area contributed by atoms with Crippen molar-refractivity contribution < 1.29 is 19.8 Å². The lowest BCUT2D eigenvalue weighted by atomic mass is 9.45. The van der Waals surface area contributed by atoms with E-state index in [1.54, 1.807) is 12.0 Å². The van der Waals surface area contributed by atoms with Crippen molar-refractivity contribution in [3.05, 3.63) is 29.8 Å². The highest BCUT2D eigenvalue weighted by Crippen LogP contribution is 2.61. The molecule has 5 aliphatic rings. The van der Waals surface area contributed by atoms with Crippen LogP contribution >= 0.6 is 0 Å². The molecule has 3 aliphatic carbocycles. The number of carbonyl (C=O) groups excluding carboxylic acids is 1. The third-order valence-electron chi connectivity index (χ3n) is 9.79. The second-order valence-corrected chi connectivity index (χ2v) is 12.1. The summed E-state index contributed by atoms with van der Waals surface area (Å²) in [5, 5.41) is 29.1. The van der Waals surface area contributed by atoms with Gasteiger partial charge in [-0.05, 0) is 60.6 Å². The van der Waals surface area contributed by atoms with Crippen LogP contribution in [0.3, 0.4) is 0 Å². The molecular weight excluding hydrogens is 456 g/mol. The van der Waals surface area contributed by atoms with Gasteiger partial charge in [0, 0.05) is 43.8 Å². The van der Waals surface area contributed by atoms with Crippen molar-refractivity contribution in [2.75, 3.05) is 37.7 Å². The van der Waals surface area contributed by atoms with E-state index in [1.165, 1.54) is 6.42 Å². The van der Waals surface area contributed by atoms with Gasteiger partial charge in [0.25, 0.3) is 0 Å². The molecule has 2 bridgehead atoms. The Morgan fingerprint density at radius 3 is 2.67 bits per heavy atom. The lowest BCUT2D eigenvalue weighted by molar-refractivity contribution is -0.183. The largest absolute Gasteiger partial charge is 0.394 e. The second kappa shape index (κ2) is 10.2. The van der Waals surface area contributed by atoms with Gasteiger partial charge in [0.1, 0.15) is 12.1 Å². The van der Waals surface area contributed by atoms with Crippen molar-refractivity contribution in [1.82, 2.24) is 15.7 Å². The lowest BCUT2D eigenvalue weighted by Crippen LogP contribution is -2.62. The molecule has 36 heavy (non-hydrogen) atoms. The maximum atomic E-state index is 13.8. The molecule has 200 valence electrons. The standard InChI is InChI=1S/C28H44N4O4/c1-17-22-13-20(28(22,3)4)14-23(17)30-27(35)26-25(18(2)34)24(16-33)36-32(26)15-19-6-5-7-21(12-19)31-10-8-29-9-11-31/h5-7,12,17-18,20,22-26,29,33-34H,8-11,13-16H2,1-4H3,(H,30,35)/t17-,18-,20+,22?,23?,24-,25?,26-/m0/s1. The number of fused-ring (bicyclic) bond motifs is 2. The number of nitrogens with zero attached hydrogens (tertiary/aromatic N) is 2. The van der Waals surface area contributed by atoms with Gasteiger partial charge < -0.3 is 25.7 Å². The zero-order valence-electron chi connectivity index (χ0n) is 22.2. The number of anilines is 1. The van der Waals surface area contributed by atoms with Gasteiger partial charge in [0.2, 0.25) is 5.91 Å². The zero-order valence-corrected chi connectivity index (χ0v) is 22.2. The van der Waals surface area contributed by atoms with Crippen LogP contribution in [0, 0.1) is 29.1 Å². The fourth-order valence-electron chi connectivity index (χ4n) is 7.44. The van der Waals surface area contributed by atoms with E-state index in [2.05, 4.69) is 48.4 Å². The third kappa shape index (κ3) is 4.67. The van der Waals surface area contributed by atoms with Crippen LogP contribution in [0.5, 0.6) is 0 Å². The summed E-state index contributed by atoms with van der Waals surface area (Å²) >= 11 is 0. The Hall–Kier alpha value is -1.71. The molecule has 3 saturated carbocycles. The summed E-state index contributed by atoms with van der Waals surface area (Å²) < 4.78 is 0. The van der Waals surface area contributed by atoms with E-state index in [4.69, 9.17) is 4.84 Å². The van der Waals surface area contributed by atoms with Gasteiger partial charge in [-0.2, -0.15) is 5.06 Å². The first-order valence-corrected chi connectivity index (χ1v) is 13.8. The quantitative estimate of drug-likeness (QED) is 0.453. The number of carbonyl (C=O) groups is 1. The van der Waals surface area contributed by atoms with E-state index in [-0.39, 0.29) is 18.6 Å². The number of aliphatic hydroxyl groups is 2. The van der Waals surface area contributed by atoms with Crippen LogP contribution < -0.4 is 15.5 Å². The third-order valence-corrected chi connectivity index (χ3v) is 9.79. The molecule has 3 unspecified atom stereocenters. The number of rotatable bonds is 7. The Bertz CT molecular complexity index is 934. The number of aliphatic hydroxyl groups excluding tert-OH is 2. The fourth-order valence-corrected chi connectivity index (χ4v) is 7.44. The van der Waals surface area contributed by atoms with Gasteiger partial charge in [-0.3, -0.25) is 9.63 Å². The Morgan fingerprint density at radius 2 is 2.03 bits per heavy atom. The molecule has 4 N–H and O–H groups in total. The number of hydrogen-bond acceptors (Lipinski definition) is 7. The van der Waals surface area contributed by atoms with Gasteiger partial charge in [-0.1, -0.05) is 32.9 Å². The normalized spacial score (nSPS) is 36.8. The molecule has 0 aromatic heterocycles. The minimum Gasteiger partial charge on any atom is -0.394 e. The minimum atomic E-state index is -0.786. The zero-order chi connectivity index (χ0) is 25.6. The van der Waals surface area contributed by atoms with E-state index in [9.17, 15) is 15.0 Å². The maximum Gasteiger partial charge on any atom is 0.240 e. The van der Waals surface area contributed by atoms with Crippen molar-refractivity contribution >= 4 is 11.6 Å². The van der Waals surface area contributed by atoms with Gasteiger partial charge in [-0.25, -0.2) is 0 Å². The van der Waals surface area contributed by atoms with Crippen molar-refractivity contribution in [3.63, 3.8) is 0 Å². The summed E-state index contributed by atoms with van der Waals surface area (Å²) in [7, 11) is 0. The molecule has 1 aromatic rings. The number of hydrogen-bond donors (Lipinski definition) is 4. The van der Waals surface area contributed by atoms with Crippen LogP contribution in [0.4, 0.5) is 5.69 Å². The number of nitrogens with one attached hydrogen (secondary N) is 2. The summed E-state index contributed by atoms with van der Waals surface area (Å²) in [5.41, 5.74) is 2.56. The summed E-state index contributed by atoms with van der Waals surface area (Å²) in [5.74, 6) is 1.08. The van der Waals surface area contributed by atoms with Crippen molar-refractivity contribution in [3.8, 4) is 0 Å². The first-order chi connectivity index (χ1) is 17.2. The maximum absolute atomic E-state index is 13.8. The monoisotopic (exact) mass is 500 g/mol. The lowest BCUT2D eigenvalue weighted by Gasteiger charge is -2.62. The van der Waals surface area contributed by atoms with Crippen LogP contribution in [0.1, 0.15) is 46.1 Å². The summed E-state index contributed by atoms with van der Waals surface area (Å²) in [4.78, 5) is 22.3. The van der Waals surface area contributed by atoms with Crippen LogP contribution in [0.25, 0.3) is 0 Å². The van der Waals surface area contributed by atoms with Gasteiger partial charge in [0.05, 0.1) is 19.3 Å². The predicted octanol–water partition coefficient (Wildman–Crippen LogP) is 1.76. The second-order valence-electron chi connectivity index (χ2n) is 12.1. The van der Waals surface area contributed by atoms with E-state index in [1.807, 2.05) is 12.1 Å². The molecule has 2 aliphatic heterocycles. The fraction of sp³-hybridized carbons (Fsp3) is 0.750. The molecule has 8 atom stereocenters. The van der Waals surface area contributed by atoms with Crippen LogP contribution in [0.2, 0.25) is 0 Å². The Kier molecular flexibility index (Phi) is 7.36. The number of benzene rings is 1. The highest BCUT2D eigenvalue weighted by atomic mass is 16.7. The molecular formula is C28H44N4O4.